The molecule has 0 radical (unpaired) electrons. The molecule has 0 saturated carbocycles. The number of amides is 2. The monoisotopic (exact) mass is 518 g/mol. The largest absolute Gasteiger partial charge is 0.325 e. The highest BCUT2D eigenvalue weighted by Gasteiger charge is 2.29. The van der Waals surface area contributed by atoms with Crippen LogP contribution in [0.2, 0.25) is 5.02 Å². The van der Waals surface area contributed by atoms with Crippen LogP contribution in [0.5, 0.6) is 0 Å². The Bertz CT molecular complexity index is 1240. The predicted octanol–water partition coefficient (Wildman–Crippen LogP) is 5.26. The van der Waals surface area contributed by atoms with Crippen molar-refractivity contribution in [2.45, 2.75) is 39.1 Å². The van der Waals surface area contributed by atoms with Crippen molar-refractivity contribution in [2.75, 3.05) is 32.6 Å². The molecule has 0 fully saturated rings. The molecule has 37 heavy (non-hydrogen) atoms. The summed E-state index contributed by atoms with van der Waals surface area (Å²) in [5.41, 5.74) is 4.58. The molecule has 194 valence electrons. The molecule has 6 nitrogen and oxygen atoms in total. The Morgan fingerprint density at radius 2 is 1.65 bits per heavy atom. The van der Waals surface area contributed by atoms with E-state index < -0.39 is 0 Å². The SMILES string of the molecule is CCC(N(C)C)N(C)Cc1cccc(CN2C(=O)CN(C(=O)c3ccc(Cl)cc3)Cc3ccccc32)c1. The van der Waals surface area contributed by atoms with Gasteiger partial charge in [0.15, 0.2) is 0 Å². The Balaban J connectivity index is 1.56. The Labute approximate surface area is 225 Å². The molecule has 1 heterocycles. The third-order valence-electron chi connectivity index (χ3n) is 6.88. The number of anilines is 1. The zero-order chi connectivity index (χ0) is 26.5. The first-order chi connectivity index (χ1) is 17.8. The molecule has 3 aromatic rings. The van der Waals surface area contributed by atoms with Crippen LogP contribution in [0.3, 0.4) is 0 Å². The molecule has 0 saturated heterocycles. The van der Waals surface area contributed by atoms with Gasteiger partial charge in [0, 0.05) is 29.4 Å². The summed E-state index contributed by atoms with van der Waals surface area (Å²) < 4.78 is 0. The summed E-state index contributed by atoms with van der Waals surface area (Å²) in [7, 11) is 6.34. The smallest absolute Gasteiger partial charge is 0.254 e. The maximum Gasteiger partial charge on any atom is 0.254 e. The number of nitrogens with zero attached hydrogens (tertiary/aromatic N) is 4. The molecule has 4 rings (SSSR count). The van der Waals surface area contributed by atoms with Gasteiger partial charge >= 0.3 is 0 Å². The van der Waals surface area contributed by atoms with E-state index in [1.165, 1.54) is 5.56 Å². The molecular weight excluding hydrogens is 484 g/mol. The van der Waals surface area contributed by atoms with Gasteiger partial charge in [0.1, 0.15) is 6.54 Å². The lowest BCUT2D eigenvalue weighted by Crippen LogP contribution is -2.41. The Morgan fingerprint density at radius 1 is 0.946 bits per heavy atom. The summed E-state index contributed by atoms with van der Waals surface area (Å²) in [4.78, 5) is 34.8. The Kier molecular flexibility index (Phi) is 8.64. The van der Waals surface area contributed by atoms with Crippen molar-refractivity contribution >= 4 is 29.1 Å². The minimum absolute atomic E-state index is 0.0135. The van der Waals surface area contributed by atoms with Crippen molar-refractivity contribution in [3.63, 3.8) is 0 Å². The van der Waals surface area contributed by atoms with Crippen LogP contribution in [0.15, 0.2) is 72.8 Å². The second-order valence-electron chi connectivity index (χ2n) is 9.86. The summed E-state index contributed by atoms with van der Waals surface area (Å²) in [5, 5.41) is 0.570. The first-order valence-corrected chi connectivity index (χ1v) is 13.0. The lowest BCUT2D eigenvalue weighted by atomic mass is 10.1. The quantitative estimate of drug-likeness (QED) is 0.382. The van der Waals surface area contributed by atoms with Crippen LogP contribution in [-0.4, -0.2) is 60.4 Å². The van der Waals surface area contributed by atoms with Gasteiger partial charge in [-0.25, -0.2) is 0 Å². The van der Waals surface area contributed by atoms with Crippen molar-refractivity contribution < 1.29 is 9.59 Å². The number of para-hydroxylation sites is 1. The van der Waals surface area contributed by atoms with Crippen molar-refractivity contribution in [3.05, 3.63) is 100 Å². The van der Waals surface area contributed by atoms with Crippen molar-refractivity contribution in [1.29, 1.82) is 0 Å². The third kappa shape index (κ3) is 6.39. The summed E-state index contributed by atoms with van der Waals surface area (Å²) in [6, 6.07) is 23.0. The number of hydrogen-bond acceptors (Lipinski definition) is 4. The van der Waals surface area contributed by atoms with Crippen LogP contribution in [0.4, 0.5) is 5.69 Å². The second-order valence-corrected chi connectivity index (χ2v) is 10.3. The molecule has 0 spiro atoms. The van der Waals surface area contributed by atoms with Crippen LogP contribution in [0.1, 0.15) is 40.4 Å². The van der Waals surface area contributed by atoms with E-state index in [1.54, 1.807) is 29.2 Å². The molecule has 0 aromatic heterocycles. The lowest BCUT2D eigenvalue weighted by molar-refractivity contribution is -0.119. The van der Waals surface area contributed by atoms with Crippen LogP contribution >= 0.6 is 11.6 Å². The van der Waals surface area contributed by atoms with E-state index >= 15 is 0 Å². The molecule has 0 aliphatic carbocycles. The fourth-order valence-electron chi connectivity index (χ4n) is 5.12. The van der Waals surface area contributed by atoms with Crippen LogP contribution in [0.25, 0.3) is 0 Å². The van der Waals surface area contributed by atoms with Crippen molar-refractivity contribution in [1.82, 2.24) is 14.7 Å². The molecule has 1 unspecified atom stereocenters. The van der Waals surface area contributed by atoms with E-state index in [-0.39, 0.29) is 18.4 Å². The average Bonchev–Trinajstić information content (AvgIpc) is 3.01. The van der Waals surface area contributed by atoms with E-state index in [1.807, 2.05) is 29.2 Å². The van der Waals surface area contributed by atoms with Gasteiger partial charge in [-0.05, 0) is 74.6 Å². The first kappa shape index (κ1) is 26.9. The number of carbonyl (C=O) groups excluding carboxylic acids is 2. The summed E-state index contributed by atoms with van der Waals surface area (Å²) in [6.45, 7) is 3.84. The fourth-order valence-corrected chi connectivity index (χ4v) is 5.24. The van der Waals surface area contributed by atoms with E-state index in [9.17, 15) is 9.59 Å². The van der Waals surface area contributed by atoms with Gasteiger partial charge in [0.2, 0.25) is 5.91 Å². The number of rotatable bonds is 8. The van der Waals surface area contributed by atoms with Gasteiger partial charge in [-0.1, -0.05) is 61.0 Å². The van der Waals surface area contributed by atoms with Crippen LogP contribution in [0, 0.1) is 0 Å². The van der Waals surface area contributed by atoms with Gasteiger partial charge in [0.05, 0.1) is 12.7 Å². The molecule has 3 aromatic carbocycles. The van der Waals surface area contributed by atoms with Gasteiger partial charge in [-0.15, -0.1) is 0 Å². The first-order valence-electron chi connectivity index (χ1n) is 12.6. The van der Waals surface area contributed by atoms with Crippen molar-refractivity contribution in [3.8, 4) is 0 Å². The van der Waals surface area contributed by atoms with Gasteiger partial charge in [-0.2, -0.15) is 0 Å². The highest BCUT2D eigenvalue weighted by Crippen LogP contribution is 2.28. The molecule has 1 aliphatic rings. The molecule has 1 aliphatic heterocycles. The van der Waals surface area contributed by atoms with Crippen LogP contribution in [-0.2, 0) is 24.4 Å². The highest BCUT2D eigenvalue weighted by atomic mass is 35.5. The summed E-state index contributed by atoms with van der Waals surface area (Å²) in [5.74, 6) is -0.286. The number of hydrogen-bond donors (Lipinski definition) is 0. The maximum absolute atomic E-state index is 13.5. The van der Waals surface area contributed by atoms with E-state index in [2.05, 4.69) is 62.1 Å². The Morgan fingerprint density at radius 3 is 2.35 bits per heavy atom. The number of carbonyl (C=O) groups is 2. The predicted molar refractivity (Wildman–Crippen MR) is 149 cm³/mol. The highest BCUT2D eigenvalue weighted by molar-refractivity contribution is 6.30. The molecule has 0 bridgehead atoms. The van der Waals surface area contributed by atoms with Crippen LogP contribution < -0.4 is 4.90 Å². The summed E-state index contributed by atoms with van der Waals surface area (Å²) in [6.07, 6.45) is 1.39. The molecular formula is C30H35ClN4O2. The van der Waals surface area contributed by atoms with E-state index in [4.69, 9.17) is 11.6 Å². The van der Waals surface area contributed by atoms with Gasteiger partial charge in [0.25, 0.3) is 5.91 Å². The van der Waals surface area contributed by atoms with Gasteiger partial charge < -0.3 is 9.80 Å². The zero-order valence-electron chi connectivity index (χ0n) is 22.0. The Hall–Kier alpha value is -3.19. The standard InChI is InChI=1S/C30H35ClN4O2/c1-5-28(32(2)3)33(4)18-22-9-8-10-23(17-22)19-35-27-12-7-6-11-25(27)20-34(21-29(35)36)30(37)24-13-15-26(31)16-14-24/h6-17,28H,5,18-21H2,1-4H3. The number of benzene rings is 3. The van der Waals surface area contributed by atoms with E-state index in [0.717, 1.165) is 29.8 Å². The van der Waals surface area contributed by atoms with Crippen molar-refractivity contribution in [2.24, 2.45) is 0 Å². The van der Waals surface area contributed by atoms with E-state index in [0.29, 0.717) is 29.8 Å². The minimum atomic E-state index is -0.182. The topological polar surface area (TPSA) is 47.1 Å². The molecule has 7 heteroatoms. The second kappa shape index (κ2) is 11.9. The minimum Gasteiger partial charge on any atom is -0.325 e. The third-order valence-corrected chi connectivity index (χ3v) is 7.14. The summed E-state index contributed by atoms with van der Waals surface area (Å²) >= 11 is 6.00. The zero-order valence-corrected chi connectivity index (χ0v) is 22.8. The molecule has 1 atom stereocenters. The normalized spacial score (nSPS) is 14.6. The fraction of sp³-hybridized carbons (Fsp3) is 0.333. The average molecular weight is 519 g/mol. The maximum atomic E-state index is 13.5. The lowest BCUT2D eigenvalue weighted by Gasteiger charge is -2.32. The molecule has 0 N–H and O–H groups in total. The molecule has 2 amide bonds. The number of halogens is 1. The van der Waals surface area contributed by atoms with Gasteiger partial charge in [-0.3, -0.25) is 19.4 Å². The number of fused-ring (bicyclic) bond motifs is 1.